The monoisotopic (exact) mass is 387 g/mol. The molecule has 8 heteroatoms. The van der Waals surface area contributed by atoms with Crippen LogP contribution in [0, 0.1) is 17.6 Å². The Bertz CT molecular complexity index is 1010. The Morgan fingerprint density at radius 1 is 1.22 bits per heavy atom. The third kappa shape index (κ3) is 3.80. The number of nitrogens with zero attached hydrogens (tertiary/aromatic N) is 2. The molecule has 1 saturated carbocycles. The lowest BCUT2D eigenvalue weighted by Gasteiger charge is -2.09. The van der Waals surface area contributed by atoms with E-state index in [1.54, 1.807) is 28.4 Å². The number of ketones is 1. The van der Waals surface area contributed by atoms with Crippen molar-refractivity contribution in [3.8, 4) is 0 Å². The molecule has 0 bridgehead atoms. The summed E-state index contributed by atoms with van der Waals surface area (Å²) in [6, 6.07) is 5.12. The van der Waals surface area contributed by atoms with E-state index in [1.807, 2.05) is 0 Å². The molecule has 0 saturated heterocycles. The Morgan fingerprint density at radius 2 is 2.04 bits per heavy atom. The molecule has 1 aliphatic carbocycles. The van der Waals surface area contributed by atoms with E-state index in [0.29, 0.717) is 16.3 Å². The van der Waals surface area contributed by atoms with E-state index in [0.717, 1.165) is 25.0 Å². The van der Waals surface area contributed by atoms with Crippen molar-refractivity contribution in [1.82, 2.24) is 9.55 Å². The fourth-order valence-corrected chi connectivity index (χ4v) is 3.35. The van der Waals surface area contributed by atoms with Crippen molar-refractivity contribution in [1.29, 1.82) is 0 Å². The van der Waals surface area contributed by atoms with Gasteiger partial charge in [0.05, 0.1) is 0 Å². The molecule has 2 heterocycles. The lowest BCUT2D eigenvalue weighted by Crippen LogP contribution is -2.17. The highest BCUT2D eigenvalue weighted by atomic mass is 32.1. The summed E-state index contributed by atoms with van der Waals surface area (Å²) in [7, 11) is 0. The number of aromatic nitrogens is 2. The summed E-state index contributed by atoms with van der Waals surface area (Å²) >= 11 is 1.28. The van der Waals surface area contributed by atoms with Gasteiger partial charge in [-0.2, -0.15) is 0 Å². The van der Waals surface area contributed by atoms with Crippen molar-refractivity contribution in [2.45, 2.75) is 19.4 Å². The van der Waals surface area contributed by atoms with E-state index >= 15 is 0 Å². The van der Waals surface area contributed by atoms with Gasteiger partial charge < -0.3 is 4.57 Å². The molecule has 1 aromatic carbocycles. The lowest BCUT2D eigenvalue weighted by molar-refractivity contribution is 0.0967. The third-order valence-electron chi connectivity index (χ3n) is 4.35. The van der Waals surface area contributed by atoms with E-state index in [2.05, 4.69) is 10.3 Å². The largest absolute Gasteiger partial charge is 0.338 e. The molecule has 1 amide bonds. The van der Waals surface area contributed by atoms with Crippen molar-refractivity contribution in [2.24, 2.45) is 5.92 Å². The summed E-state index contributed by atoms with van der Waals surface area (Å²) in [6.45, 7) is 0.135. The van der Waals surface area contributed by atoms with Crippen molar-refractivity contribution >= 4 is 28.2 Å². The van der Waals surface area contributed by atoms with Crippen LogP contribution in [0.2, 0.25) is 0 Å². The van der Waals surface area contributed by atoms with Crippen LogP contribution in [0.1, 0.15) is 39.3 Å². The number of halogens is 2. The van der Waals surface area contributed by atoms with Gasteiger partial charge in [0.15, 0.2) is 22.5 Å². The lowest BCUT2D eigenvalue weighted by atomic mass is 10.1. The van der Waals surface area contributed by atoms with E-state index in [1.165, 1.54) is 17.4 Å². The fourth-order valence-electron chi connectivity index (χ4n) is 2.83. The second kappa shape index (κ2) is 7.03. The predicted molar refractivity (Wildman–Crippen MR) is 97.0 cm³/mol. The van der Waals surface area contributed by atoms with Gasteiger partial charge in [-0.05, 0) is 36.6 Å². The molecule has 4 rings (SSSR count). The number of thiazole rings is 1. The number of rotatable bonds is 6. The Morgan fingerprint density at radius 3 is 2.70 bits per heavy atom. The van der Waals surface area contributed by atoms with Gasteiger partial charge in [-0.3, -0.25) is 14.9 Å². The molecular formula is C19H15F2N3O2S. The first kappa shape index (κ1) is 17.5. The highest BCUT2D eigenvalue weighted by Crippen LogP contribution is 2.33. The zero-order valence-corrected chi connectivity index (χ0v) is 14.9. The second-order valence-electron chi connectivity index (χ2n) is 6.42. The van der Waals surface area contributed by atoms with Crippen molar-refractivity contribution < 1.29 is 18.4 Å². The molecule has 2 aromatic heterocycles. The Balaban J connectivity index is 1.65. The predicted octanol–water partition coefficient (Wildman–Crippen LogP) is 4.12. The number of Topliss-reactive ketones (excluding diaryl/α,β-unsaturated/α-hetero) is 1. The minimum atomic E-state index is -0.956. The topological polar surface area (TPSA) is 64.0 Å². The maximum absolute atomic E-state index is 13.5. The summed E-state index contributed by atoms with van der Waals surface area (Å²) in [5.41, 5.74) is 1.20. The zero-order valence-electron chi connectivity index (χ0n) is 14.1. The molecule has 1 fully saturated rings. The highest BCUT2D eigenvalue weighted by molar-refractivity contribution is 7.13. The number of hydrogen-bond acceptors (Lipinski definition) is 4. The highest BCUT2D eigenvalue weighted by Gasteiger charge is 2.32. The van der Waals surface area contributed by atoms with Crippen LogP contribution in [-0.2, 0) is 6.54 Å². The second-order valence-corrected chi connectivity index (χ2v) is 7.31. The molecule has 1 N–H and O–H groups in total. The quantitative estimate of drug-likeness (QED) is 0.647. The summed E-state index contributed by atoms with van der Waals surface area (Å²) in [5, 5.41) is 4.86. The van der Waals surface area contributed by atoms with Crippen LogP contribution in [0.4, 0.5) is 13.9 Å². The molecule has 0 spiro atoms. The Labute approximate surface area is 157 Å². The van der Waals surface area contributed by atoms with Gasteiger partial charge in [0.2, 0.25) is 0 Å². The number of benzene rings is 1. The zero-order chi connectivity index (χ0) is 19.0. The van der Waals surface area contributed by atoms with Gasteiger partial charge in [0, 0.05) is 35.8 Å². The number of nitrogens with one attached hydrogen (secondary N) is 1. The number of hydrogen-bond donors (Lipinski definition) is 1. The maximum Gasteiger partial charge on any atom is 0.274 e. The van der Waals surface area contributed by atoms with Gasteiger partial charge in [-0.1, -0.05) is 6.07 Å². The van der Waals surface area contributed by atoms with Gasteiger partial charge >= 0.3 is 0 Å². The van der Waals surface area contributed by atoms with E-state index in [9.17, 15) is 18.4 Å². The number of carbonyl (C=O) groups is 2. The Hall–Kier alpha value is -2.87. The molecule has 138 valence electrons. The minimum absolute atomic E-state index is 0.00216. The molecule has 0 atom stereocenters. The van der Waals surface area contributed by atoms with Gasteiger partial charge in [-0.25, -0.2) is 13.8 Å². The van der Waals surface area contributed by atoms with Crippen LogP contribution in [0.3, 0.4) is 0 Å². The molecule has 3 aromatic rings. The van der Waals surface area contributed by atoms with Gasteiger partial charge in [-0.15, -0.1) is 11.3 Å². The van der Waals surface area contributed by atoms with Crippen LogP contribution in [-0.4, -0.2) is 21.2 Å². The van der Waals surface area contributed by atoms with Crippen LogP contribution in [0.5, 0.6) is 0 Å². The minimum Gasteiger partial charge on any atom is -0.338 e. The molecule has 1 aliphatic rings. The van der Waals surface area contributed by atoms with Crippen molar-refractivity contribution in [3.63, 3.8) is 0 Å². The van der Waals surface area contributed by atoms with E-state index < -0.39 is 17.5 Å². The average molecular weight is 387 g/mol. The maximum atomic E-state index is 13.5. The summed E-state index contributed by atoms with van der Waals surface area (Å²) in [4.78, 5) is 29.1. The average Bonchev–Trinajstić information content (AvgIpc) is 3.21. The van der Waals surface area contributed by atoms with Crippen LogP contribution in [0.25, 0.3) is 0 Å². The molecule has 5 nitrogen and oxygen atoms in total. The van der Waals surface area contributed by atoms with Crippen molar-refractivity contribution in [2.75, 3.05) is 5.32 Å². The Kier molecular flexibility index (Phi) is 4.57. The SMILES string of the molecule is O=C(Nc1nccs1)c1cc(C(=O)C2CC2)cn1Cc1ccc(F)c(F)c1. The van der Waals surface area contributed by atoms with Crippen molar-refractivity contribution in [3.05, 3.63) is 70.5 Å². The summed E-state index contributed by atoms with van der Waals surface area (Å²) in [6.07, 6.45) is 4.88. The van der Waals surface area contributed by atoms with Crippen LogP contribution >= 0.6 is 11.3 Å². The van der Waals surface area contributed by atoms with E-state index in [4.69, 9.17) is 0 Å². The number of amides is 1. The van der Waals surface area contributed by atoms with Crippen LogP contribution in [0.15, 0.2) is 42.0 Å². The summed E-state index contributed by atoms with van der Waals surface area (Å²) < 4.78 is 28.3. The molecular weight excluding hydrogens is 372 g/mol. The smallest absolute Gasteiger partial charge is 0.274 e. The normalized spacial score (nSPS) is 13.6. The third-order valence-corrected chi connectivity index (χ3v) is 5.04. The van der Waals surface area contributed by atoms with E-state index in [-0.39, 0.29) is 23.9 Å². The first-order chi connectivity index (χ1) is 13.0. The molecule has 0 radical (unpaired) electrons. The molecule has 0 unspecified atom stereocenters. The standard InChI is InChI=1S/C19H15F2N3O2S/c20-14-4-1-11(7-15(14)21)9-24-10-13(17(25)12-2-3-12)8-16(24)18(26)23-19-22-5-6-27-19/h1,4-8,10,12H,2-3,9H2,(H,22,23,26). The number of carbonyl (C=O) groups excluding carboxylic acids is 2. The number of anilines is 1. The van der Waals surface area contributed by atoms with Gasteiger partial charge in [0.1, 0.15) is 5.69 Å². The fraction of sp³-hybridized carbons (Fsp3) is 0.211. The summed E-state index contributed by atoms with van der Waals surface area (Å²) in [5.74, 6) is -2.29. The van der Waals surface area contributed by atoms with Gasteiger partial charge in [0.25, 0.3) is 5.91 Å². The van der Waals surface area contributed by atoms with Crippen LogP contribution < -0.4 is 5.32 Å². The molecule has 0 aliphatic heterocycles. The first-order valence-corrected chi connectivity index (χ1v) is 9.28. The first-order valence-electron chi connectivity index (χ1n) is 8.40. The molecule has 27 heavy (non-hydrogen) atoms.